The Kier molecular flexibility index (Phi) is 24.5. The molecule has 456 valence electrons. The standard InChI is InChI=1S/C59H98N4O16S/c1-17-45-59(13,72)51(67)38(9)62(15)31-34(5)29-57(11,71)52(79-56-49(66)41(33(3)4)27-35(6)74-56)36(7)50(37(8)55(70)76-45)78-47-30-58(12,73-16)53(39(10)75-47)77-46(64)21-22-60-23-24-61(14)25-26-80-40-19-20-44-42(28-40)48(65)43(54(68)69)32-63(44)18-2/h19-20,28,32-39,41,45,47,49-53,56,60,66-67,71-72H,17-18,21-27,29-31H2,1-16H3,(H,68,69)/t34-,35+,36+,37+,38-,39-,41+,45+,47+,49+,50+,51-,52-,53+,56+,57-,58-,59+/m0/s1. The van der Waals surface area contributed by atoms with Gasteiger partial charge in [0, 0.05) is 87.0 Å². The number of nitrogens with one attached hydrogen (secondary N) is 1. The highest BCUT2D eigenvalue weighted by molar-refractivity contribution is 7.99. The van der Waals surface area contributed by atoms with Crippen LogP contribution in [-0.2, 0) is 49.3 Å². The Morgan fingerprint density at radius 3 is 2.27 bits per heavy atom. The molecule has 5 rings (SSSR count). The second-order valence-corrected chi connectivity index (χ2v) is 25.5. The number of aromatic nitrogens is 1. The van der Waals surface area contributed by atoms with Crippen molar-refractivity contribution in [3.63, 3.8) is 0 Å². The molecule has 0 aliphatic carbocycles. The molecule has 1 aromatic heterocycles. The minimum absolute atomic E-state index is 0.0599. The molecule has 1 aromatic carbocycles. The number of aliphatic hydroxyl groups excluding tert-OH is 2. The summed E-state index contributed by atoms with van der Waals surface area (Å²) in [7, 11) is 5.35. The highest BCUT2D eigenvalue weighted by Crippen LogP contribution is 2.42. The van der Waals surface area contributed by atoms with Gasteiger partial charge in [-0.3, -0.25) is 14.4 Å². The van der Waals surface area contributed by atoms with Crippen molar-refractivity contribution in [2.45, 2.75) is 218 Å². The quantitative estimate of drug-likeness (QED) is 0.0541. The molecule has 3 fully saturated rings. The van der Waals surface area contributed by atoms with Crippen LogP contribution in [0.5, 0.6) is 0 Å². The maximum Gasteiger partial charge on any atom is 0.341 e. The highest BCUT2D eigenvalue weighted by Gasteiger charge is 2.54. The first-order valence-corrected chi connectivity index (χ1v) is 29.9. The molecule has 20 nitrogen and oxygen atoms in total. The Hall–Kier alpha value is -3.29. The summed E-state index contributed by atoms with van der Waals surface area (Å²) < 4.78 is 46.8. The zero-order valence-corrected chi connectivity index (χ0v) is 51.3. The Morgan fingerprint density at radius 2 is 1.65 bits per heavy atom. The second-order valence-electron chi connectivity index (χ2n) is 24.3. The minimum Gasteiger partial charge on any atom is -0.477 e. The normalized spacial score (nSPS) is 36.4. The molecule has 18 atom stereocenters. The van der Waals surface area contributed by atoms with Crippen molar-refractivity contribution >= 4 is 40.6 Å². The zero-order valence-electron chi connectivity index (χ0n) is 50.5. The number of hydrogen-bond acceptors (Lipinski definition) is 19. The molecule has 0 bridgehead atoms. The number of methoxy groups -OCH3 is 1. The monoisotopic (exact) mass is 1150 g/mol. The molecule has 3 aliphatic heterocycles. The number of cyclic esters (lactones) is 1. The van der Waals surface area contributed by atoms with E-state index in [-0.39, 0.29) is 55.1 Å². The van der Waals surface area contributed by atoms with Crippen molar-refractivity contribution < 1.29 is 73.1 Å². The van der Waals surface area contributed by atoms with Crippen LogP contribution in [0.2, 0.25) is 0 Å². The van der Waals surface area contributed by atoms with Crippen LogP contribution < -0.4 is 10.7 Å². The van der Waals surface area contributed by atoms with E-state index in [2.05, 4.69) is 10.2 Å². The molecular weight excluding hydrogens is 1050 g/mol. The van der Waals surface area contributed by atoms with Crippen LogP contribution >= 0.6 is 11.8 Å². The number of carbonyl (C=O) groups excluding carboxylic acids is 2. The summed E-state index contributed by atoms with van der Waals surface area (Å²) in [5.74, 6) is -3.84. The van der Waals surface area contributed by atoms with Crippen LogP contribution in [0.25, 0.3) is 10.9 Å². The number of aryl methyl sites for hydroxylation is 1. The van der Waals surface area contributed by atoms with E-state index in [1.807, 2.05) is 79.6 Å². The summed E-state index contributed by atoms with van der Waals surface area (Å²) in [4.78, 5) is 57.7. The van der Waals surface area contributed by atoms with Gasteiger partial charge >= 0.3 is 17.9 Å². The first-order chi connectivity index (χ1) is 37.4. The summed E-state index contributed by atoms with van der Waals surface area (Å²) >= 11 is 1.58. The molecule has 0 spiro atoms. The molecule has 80 heavy (non-hydrogen) atoms. The summed E-state index contributed by atoms with van der Waals surface area (Å²) in [6, 6.07) is 4.98. The summed E-state index contributed by atoms with van der Waals surface area (Å²) in [5, 5.41) is 61.5. The fraction of sp³-hybridized carbons (Fsp3) is 0.797. The third kappa shape index (κ3) is 16.5. The first-order valence-electron chi connectivity index (χ1n) is 28.9. The largest absolute Gasteiger partial charge is 0.477 e. The molecule has 0 amide bonds. The number of esters is 2. The van der Waals surface area contributed by atoms with Gasteiger partial charge in [-0.1, -0.05) is 34.6 Å². The van der Waals surface area contributed by atoms with Crippen molar-refractivity contribution in [1.29, 1.82) is 0 Å². The fourth-order valence-corrected chi connectivity index (χ4v) is 13.3. The van der Waals surface area contributed by atoms with Crippen LogP contribution in [0.3, 0.4) is 0 Å². The number of likely N-dealkylation sites (N-methyl/N-ethyl adjacent to an activating group) is 2. The molecule has 6 N–H and O–H groups in total. The highest BCUT2D eigenvalue weighted by atomic mass is 32.2. The van der Waals surface area contributed by atoms with Gasteiger partial charge < -0.3 is 78.4 Å². The van der Waals surface area contributed by atoms with Gasteiger partial charge in [0.1, 0.15) is 35.1 Å². The van der Waals surface area contributed by atoms with Crippen molar-refractivity contribution in [3.05, 3.63) is 40.2 Å². The number of rotatable bonds is 20. The SMILES string of the molecule is CC[C@H]1OC(=O)[C@H](C)[C@H](O[C@@H]2C[C@](C)(OC)[C@H](OC(=O)CCNCCN(C)CCSc3ccc4c(c3)c(=O)c(C(=O)O)cn4CC)[C@H](C)O2)[C@@H](C)[C@H](O[C@H]2O[C@H](C)C[C@H](C(C)C)[C@H]2O)[C@@](C)(O)C[C@H](C)CN(C)[C@@H](C)[C@H](O)[C@]1(C)O. The number of aliphatic hydroxyl groups is 4. The Labute approximate surface area is 478 Å². The molecule has 3 saturated heterocycles. The van der Waals surface area contributed by atoms with E-state index in [0.29, 0.717) is 50.0 Å². The maximum atomic E-state index is 14.6. The number of fused-ring (bicyclic) bond motifs is 1. The van der Waals surface area contributed by atoms with E-state index in [1.54, 1.807) is 57.0 Å². The Balaban J connectivity index is 1.27. The summed E-state index contributed by atoms with van der Waals surface area (Å²) in [5.41, 5.74) is -4.66. The number of nitrogens with zero attached hydrogens (tertiary/aromatic N) is 3. The molecule has 0 radical (unpaired) electrons. The minimum atomic E-state index is -1.86. The van der Waals surface area contributed by atoms with Crippen LogP contribution in [0.1, 0.15) is 132 Å². The summed E-state index contributed by atoms with van der Waals surface area (Å²) in [6.45, 7) is 27.0. The van der Waals surface area contributed by atoms with Gasteiger partial charge in [-0.15, -0.1) is 11.8 Å². The predicted molar refractivity (Wildman–Crippen MR) is 305 cm³/mol. The number of hydrogen-bond donors (Lipinski definition) is 6. The topological polar surface area (TPSA) is 257 Å². The van der Waals surface area contributed by atoms with Crippen LogP contribution in [0.4, 0.5) is 0 Å². The number of benzene rings is 1. The van der Waals surface area contributed by atoms with E-state index in [0.717, 1.165) is 17.2 Å². The van der Waals surface area contributed by atoms with Gasteiger partial charge in [-0.05, 0) is 125 Å². The van der Waals surface area contributed by atoms with Gasteiger partial charge in [0.15, 0.2) is 18.7 Å². The van der Waals surface area contributed by atoms with Crippen molar-refractivity contribution in [2.24, 2.45) is 29.6 Å². The van der Waals surface area contributed by atoms with Gasteiger partial charge in [0.25, 0.3) is 0 Å². The molecule has 4 heterocycles. The number of ether oxygens (including phenoxy) is 7. The van der Waals surface area contributed by atoms with Crippen molar-refractivity contribution in [2.75, 3.05) is 59.7 Å². The molecule has 2 aromatic rings. The number of carboxylic acid groups (broad SMARTS) is 1. The average molecular weight is 1150 g/mol. The van der Waals surface area contributed by atoms with E-state index >= 15 is 0 Å². The van der Waals surface area contributed by atoms with E-state index < -0.39 is 113 Å². The predicted octanol–water partition coefficient (Wildman–Crippen LogP) is 5.53. The summed E-state index contributed by atoms with van der Waals surface area (Å²) in [6.07, 6.45) is -7.20. The van der Waals surface area contributed by atoms with Gasteiger partial charge in [-0.2, -0.15) is 0 Å². The van der Waals surface area contributed by atoms with Gasteiger partial charge in [0.05, 0.1) is 47.9 Å². The fourth-order valence-electron chi connectivity index (χ4n) is 12.3. The van der Waals surface area contributed by atoms with Gasteiger partial charge in [-0.25, -0.2) is 4.79 Å². The molecule has 0 saturated carbocycles. The Morgan fingerprint density at radius 1 is 0.963 bits per heavy atom. The lowest BCUT2D eigenvalue weighted by Crippen LogP contribution is -2.60. The number of carboxylic acids is 1. The zero-order chi connectivity index (χ0) is 59.8. The first kappa shape index (κ1) is 67.5. The molecular formula is C59H98N4O16S. The number of thioether (sulfide) groups is 1. The van der Waals surface area contributed by atoms with Gasteiger partial charge in [0.2, 0.25) is 5.43 Å². The lowest BCUT2D eigenvalue weighted by atomic mass is 9.77. The number of pyridine rings is 1. The van der Waals surface area contributed by atoms with E-state index in [1.165, 1.54) is 20.2 Å². The lowest BCUT2D eigenvalue weighted by molar-refractivity contribution is -0.320. The third-order valence-corrected chi connectivity index (χ3v) is 18.2. The van der Waals surface area contributed by atoms with Crippen LogP contribution in [0, 0.1) is 29.6 Å². The maximum absolute atomic E-state index is 14.6. The van der Waals surface area contributed by atoms with Crippen LogP contribution in [0.15, 0.2) is 34.1 Å². The molecule has 0 unspecified atom stereocenters. The molecule has 21 heteroatoms. The lowest BCUT2D eigenvalue weighted by Gasteiger charge is -2.49. The third-order valence-electron chi connectivity index (χ3n) is 17.2. The molecule has 3 aliphatic rings. The Bertz CT molecular complexity index is 2410. The second kappa shape index (κ2) is 29.0. The van der Waals surface area contributed by atoms with E-state index in [9.17, 15) is 44.7 Å². The van der Waals surface area contributed by atoms with Crippen LogP contribution in [-0.4, -0.2) is 202 Å². The number of aromatic carboxylic acids is 1. The average Bonchev–Trinajstić information content (AvgIpc) is 3.38. The van der Waals surface area contributed by atoms with E-state index in [4.69, 9.17) is 33.2 Å². The van der Waals surface area contributed by atoms with Crippen molar-refractivity contribution in [3.8, 4) is 0 Å². The number of carbonyl (C=O) groups is 3. The smallest absolute Gasteiger partial charge is 0.341 e. The van der Waals surface area contributed by atoms with Crippen molar-refractivity contribution in [1.82, 2.24) is 19.7 Å².